The average Bonchev–Trinajstić information content (AvgIpc) is 2.43. The molecule has 1 aliphatic carbocycles. The summed E-state index contributed by atoms with van der Waals surface area (Å²) < 4.78 is 19.3. The van der Waals surface area contributed by atoms with Gasteiger partial charge in [-0.1, -0.05) is 39.0 Å². The second kappa shape index (κ2) is 8.11. The fraction of sp³-hybridized carbons (Fsp3) is 0.647. The molecule has 118 valence electrons. The van der Waals surface area contributed by atoms with Gasteiger partial charge >= 0.3 is 0 Å². The SMILES string of the molecule is CCCOc1cc(NC2CCCCCCC2)c(N)cc1F. The minimum absolute atomic E-state index is 0.291. The first-order valence-corrected chi connectivity index (χ1v) is 8.19. The van der Waals surface area contributed by atoms with Crippen LogP contribution in [0.25, 0.3) is 0 Å². The molecule has 1 aliphatic rings. The zero-order valence-corrected chi connectivity index (χ0v) is 13.0. The maximum absolute atomic E-state index is 13.8. The second-order valence-corrected chi connectivity index (χ2v) is 5.90. The molecule has 0 atom stereocenters. The summed E-state index contributed by atoms with van der Waals surface area (Å²) in [5, 5.41) is 3.49. The van der Waals surface area contributed by atoms with E-state index in [1.54, 1.807) is 6.07 Å². The van der Waals surface area contributed by atoms with Crippen LogP contribution >= 0.6 is 0 Å². The molecule has 0 aromatic heterocycles. The molecule has 0 saturated heterocycles. The number of ether oxygens (including phenoxy) is 1. The molecular weight excluding hydrogens is 267 g/mol. The third-order valence-corrected chi connectivity index (χ3v) is 4.03. The monoisotopic (exact) mass is 294 g/mol. The normalized spacial score (nSPS) is 17.0. The number of nitrogens with two attached hydrogens (primary N) is 1. The molecular formula is C17H27FN2O. The third-order valence-electron chi connectivity index (χ3n) is 4.03. The van der Waals surface area contributed by atoms with Gasteiger partial charge in [0.05, 0.1) is 18.0 Å². The Labute approximate surface area is 127 Å². The molecule has 0 unspecified atom stereocenters. The molecule has 1 aromatic rings. The molecule has 0 radical (unpaired) electrons. The summed E-state index contributed by atoms with van der Waals surface area (Å²) in [7, 11) is 0. The molecule has 2 rings (SSSR count). The standard InChI is InChI=1S/C17H27FN2O/c1-2-10-21-17-12-16(15(19)11-14(17)18)20-13-8-6-4-3-5-7-9-13/h11-13,20H,2-10,19H2,1H3. The maximum atomic E-state index is 13.8. The van der Waals surface area contributed by atoms with Crippen LogP contribution < -0.4 is 15.8 Å². The number of nitrogen functional groups attached to an aromatic ring is 1. The van der Waals surface area contributed by atoms with Crippen molar-refractivity contribution in [3.63, 3.8) is 0 Å². The highest BCUT2D eigenvalue weighted by Gasteiger charge is 2.15. The summed E-state index contributed by atoms with van der Waals surface area (Å²) in [6.45, 7) is 2.52. The topological polar surface area (TPSA) is 47.3 Å². The Morgan fingerprint density at radius 3 is 2.52 bits per heavy atom. The number of hydrogen-bond acceptors (Lipinski definition) is 3. The molecule has 0 bridgehead atoms. The Morgan fingerprint density at radius 1 is 1.19 bits per heavy atom. The van der Waals surface area contributed by atoms with E-state index in [4.69, 9.17) is 10.5 Å². The van der Waals surface area contributed by atoms with Gasteiger partial charge in [-0.15, -0.1) is 0 Å². The van der Waals surface area contributed by atoms with Crippen LogP contribution in [-0.4, -0.2) is 12.6 Å². The van der Waals surface area contributed by atoms with E-state index in [1.807, 2.05) is 6.92 Å². The third kappa shape index (κ3) is 4.80. The van der Waals surface area contributed by atoms with Gasteiger partial charge in [-0.2, -0.15) is 0 Å². The van der Waals surface area contributed by atoms with Gasteiger partial charge in [0.25, 0.3) is 0 Å². The lowest BCUT2D eigenvalue weighted by Crippen LogP contribution is -2.21. The van der Waals surface area contributed by atoms with Gasteiger partial charge in [-0.3, -0.25) is 0 Å². The molecule has 0 amide bonds. The second-order valence-electron chi connectivity index (χ2n) is 5.90. The molecule has 21 heavy (non-hydrogen) atoms. The van der Waals surface area contributed by atoms with Gasteiger partial charge in [0.2, 0.25) is 0 Å². The smallest absolute Gasteiger partial charge is 0.167 e. The fourth-order valence-corrected chi connectivity index (χ4v) is 2.84. The Bertz CT molecular complexity index is 443. The summed E-state index contributed by atoms with van der Waals surface area (Å²) in [5.74, 6) is -0.0939. The van der Waals surface area contributed by atoms with Crippen molar-refractivity contribution in [1.82, 2.24) is 0 Å². The fourth-order valence-electron chi connectivity index (χ4n) is 2.84. The van der Waals surface area contributed by atoms with Crippen LogP contribution in [0.2, 0.25) is 0 Å². The average molecular weight is 294 g/mol. The highest BCUT2D eigenvalue weighted by molar-refractivity contribution is 5.69. The van der Waals surface area contributed by atoms with E-state index in [0.717, 1.165) is 24.9 Å². The van der Waals surface area contributed by atoms with E-state index in [9.17, 15) is 4.39 Å². The molecule has 0 spiro atoms. The molecule has 0 aliphatic heterocycles. The Morgan fingerprint density at radius 2 is 1.86 bits per heavy atom. The number of hydrogen-bond donors (Lipinski definition) is 2. The van der Waals surface area contributed by atoms with E-state index in [2.05, 4.69) is 5.32 Å². The van der Waals surface area contributed by atoms with E-state index in [1.165, 1.54) is 38.2 Å². The summed E-state index contributed by atoms with van der Waals surface area (Å²) in [5.41, 5.74) is 7.20. The van der Waals surface area contributed by atoms with Gasteiger partial charge in [0, 0.05) is 18.2 Å². The van der Waals surface area contributed by atoms with E-state index in [0.29, 0.717) is 24.1 Å². The van der Waals surface area contributed by atoms with Gasteiger partial charge in [0.15, 0.2) is 11.6 Å². The Balaban J connectivity index is 2.06. The highest BCUT2D eigenvalue weighted by Crippen LogP contribution is 2.30. The van der Waals surface area contributed by atoms with Crippen molar-refractivity contribution in [3.05, 3.63) is 17.9 Å². The van der Waals surface area contributed by atoms with Gasteiger partial charge in [-0.25, -0.2) is 4.39 Å². The summed E-state index contributed by atoms with van der Waals surface area (Å²) in [6, 6.07) is 3.49. The minimum Gasteiger partial charge on any atom is -0.490 e. The Hall–Kier alpha value is -1.45. The quantitative estimate of drug-likeness (QED) is 0.772. The lowest BCUT2D eigenvalue weighted by Gasteiger charge is -2.23. The largest absolute Gasteiger partial charge is 0.490 e. The highest BCUT2D eigenvalue weighted by atomic mass is 19.1. The van der Waals surface area contributed by atoms with Gasteiger partial charge in [0.1, 0.15) is 0 Å². The summed E-state index contributed by atoms with van der Waals surface area (Å²) >= 11 is 0. The van der Waals surface area contributed by atoms with Crippen LogP contribution in [0.5, 0.6) is 5.75 Å². The maximum Gasteiger partial charge on any atom is 0.167 e. The number of nitrogens with one attached hydrogen (secondary N) is 1. The van der Waals surface area contributed by atoms with Crippen molar-refractivity contribution >= 4 is 11.4 Å². The van der Waals surface area contributed by atoms with Crippen LogP contribution in [0.3, 0.4) is 0 Å². The molecule has 3 N–H and O–H groups in total. The zero-order valence-electron chi connectivity index (χ0n) is 13.0. The number of halogens is 1. The van der Waals surface area contributed by atoms with Crippen molar-refractivity contribution < 1.29 is 9.13 Å². The van der Waals surface area contributed by atoms with E-state index in [-0.39, 0.29) is 5.82 Å². The molecule has 0 heterocycles. The van der Waals surface area contributed by atoms with Crippen molar-refractivity contribution in [3.8, 4) is 5.75 Å². The molecule has 1 saturated carbocycles. The van der Waals surface area contributed by atoms with Crippen LogP contribution in [-0.2, 0) is 0 Å². The van der Waals surface area contributed by atoms with E-state index >= 15 is 0 Å². The summed E-state index contributed by atoms with van der Waals surface area (Å²) in [4.78, 5) is 0. The van der Waals surface area contributed by atoms with Crippen molar-refractivity contribution in [2.45, 2.75) is 64.3 Å². The molecule has 4 heteroatoms. The lowest BCUT2D eigenvalue weighted by molar-refractivity contribution is 0.301. The Kier molecular flexibility index (Phi) is 6.15. The first-order chi connectivity index (χ1) is 10.2. The zero-order chi connectivity index (χ0) is 15.1. The van der Waals surface area contributed by atoms with Crippen LogP contribution in [0, 0.1) is 5.82 Å². The van der Waals surface area contributed by atoms with Gasteiger partial charge < -0.3 is 15.8 Å². The summed E-state index contributed by atoms with van der Waals surface area (Å²) in [6.07, 6.45) is 9.62. The number of anilines is 2. The van der Waals surface area contributed by atoms with Crippen molar-refractivity contribution in [1.29, 1.82) is 0 Å². The first-order valence-electron chi connectivity index (χ1n) is 8.19. The van der Waals surface area contributed by atoms with E-state index < -0.39 is 0 Å². The van der Waals surface area contributed by atoms with Crippen LogP contribution in [0.1, 0.15) is 58.3 Å². The van der Waals surface area contributed by atoms with Crippen LogP contribution in [0.4, 0.5) is 15.8 Å². The minimum atomic E-state index is -0.385. The first kappa shape index (κ1) is 15.9. The number of benzene rings is 1. The lowest BCUT2D eigenvalue weighted by atomic mass is 9.96. The predicted octanol–water partition coefficient (Wildman–Crippen LogP) is 4.72. The van der Waals surface area contributed by atoms with Crippen molar-refractivity contribution in [2.24, 2.45) is 0 Å². The van der Waals surface area contributed by atoms with Crippen LogP contribution in [0.15, 0.2) is 12.1 Å². The van der Waals surface area contributed by atoms with Gasteiger partial charge in [-0.05, 0) is 19.3 Å². The predicted molar refractivity (Wildman–Crippen MR) is 86.3 cm³/mol. The van der Waals surface area contributed by atoms with Crippen molar-refractivity contribution in [2.75, 3.05) is 17.7 Å². The molecule has 1 fully saturated rings. The molecule has 3 nitrogen and oxygen atoms in total. The number of rotatable bonds is 5. The molecule has 1 aromatic carbocycles.